The van der Waals surface area contributed by atoms with E-state index in [2.05, 4.69) is 11.4 Å². The Morgan fingerprint density at radius 1 is 1.36 bits per heavy atom. The molecule has 8 nitrogen and oxygen atoms in total. The number of sulfonamides is 1. The molecular formula is C19H27N3O5S. The van der Waals surface area contributed by atoms with Gasteiger partial charge in [0.2, 0.25) is 15.9 Å². The molecule has 0 spiro atoms. The Morgan fingerprint density at radius 2 is 2.11 bits per heavy atom. The number of non-ortho nitro benzene ring substituents is 1. The normalized spacial score (nSPS) is 15.4. The van der Waals surface area contributed by atoms with Gasteiger partial charge in [0, 0.05) is 18.7 Å². The molecule has 0 heterocycles. The Bertz CT molecular complexity index is 851. The van der Waals surface area contributed by atoms with Crippen LogP contribution in [-0.2, 0) is 14.8 Å². The second kappa shape index (κ2) is 9.68. The van der Waals surface area contributed by atoms with Crippen LogP contribution in [0.2, 0.25) is 0 Å². The predicted molar refractivity (Wildman–Crippen MR) is 109 cm³/mol. The van der Waals surface area contributed by atoms with Gasteiger partial charge in [0.25, 0.3) is 5.69 Å². The molecule has 0 radical (unpaired) electrons. The summed E-state index contributed by atoms with van der Waals surface area (Å²) in [6.07, 6.45) is 8.65. The molecule has 0 fully saturated rings. The van der Waals surface area contributed by atoms with Crippen LogP contribution < -0.4 is 9.62 Å². The minimum absolute atomic E-state index is 0.105. The van der Waals surface area contributed by atoms with E-state index in [1.807, 2.05) is 0 Å². The molecule has 9 heteroatoms. The third kappa shape index (κ3) is 5.79. The molecule has 0 saturated heterocycles. The topological polar surface area (TPSA) is 110 Å². The lowest BCUT2D eigenvalue weighted by Crippen LogP contribution is -2.49. The fourth-order valence-corrected chi connectivity index (χ4v) is 4.60. The number of carbonyl (C=O) groups is 1. The van der Waals surface area contributed by atoms with Crippen molar-refractivity contribution in [3.05, 3.63) is 46.0 Å². The monoisotopic (exact) mass is 409 g/mol. The molecule has 1 amide bonds. The number of carbonyl (C=O) groups excluding carboxylic acids is 1. The number of nitrogens with one attached hydrogen (secondary N) is 1. The Hall–Kier alpha value is -2.42. The molecular weight excluding hydrogens is 382 g/mol. The van der Waals surface area contributed by atoms with E-state index in [1.54, 1.807) is 6.92 Å². The molecule has 154 valence electrons. The zero-order chi connectivity index (χ0) is 20.7. The maximum absolute atomic E-state index is 12.7. The van der Waals surface area contributed by atoms with E-state index >= 15 is 0 Å². The highest BCUT2D eigenvalue weighted by molar-refractivity contribution is 7.92. The number of nitrogens with zero attached hydrogens (tertiary/aromatic N) is 2. The van der Waals surface area contributed by atoms with E-state index in [9.17, 15) is 23.3 Å². The van der Waals surface area contributed by atoms with Crippen LogP contribution in [0.15, 0.2) is 35.9 Å². The Labute approximate surface area is 165 Å². The lowest BCUT2D eigenvalue weighted by molar-refractivity contribution is -0.384. The van der Waals surface area contributed by atoms with Crippen LogP contribution in [0.5, 0.6) is 0 Å². The van der Waals surface area contributed by atoms with Gasteiger partial charge >= 0.3 is 0 Å². The first-order chi connectivity index (χ1) is 13.2. The van der Waals surface area contributed by atoms with Gasteiger partial charge in [-0.1, -0.05) is 24.6 Å². The smallest absolute Gasteiger partial charge is 0.271 e. The summed E-state index contributed by atoms with van der Waals surface area (Å²) in [6.45, 7) is 2.15. The number of anilines is 1. The fourth-order valence-electron chi connectivity index (χ4n) is 3.40. The lowest BCUT2D eigenvalue weighted by Gasteiger charge is -2.30. The first kappa shape index (κ1) is 21.9. The van der Waals surface area contributed by atoms with Crippen molar-refractivity contribution in [1.29, 1.82) is 0 Å². The first-order valence-corrected chi connectivity index (χ1v) is 11.3. The average Bonchev–Trinajstić information content (AvgIpc) is 2.65. The number of allylic oxidation sites excluding steroid dienone is 1. The number of rotatable bonds is 9. The van der Waals surface area contributed by atoms with Gasteiger partial charge < -0.3 is 5.32 Å². The van der Waals surface area contributed by atoms with E-state index in [0.29, 0.717) is 6.54 Å². The van der Waals surface area contributed by atoms with Crippen LogP contribution in [0.25, 0.3) is 0 Å². The molecule has 1 aliphatic carbocycles. The molecule has 1 aliphatic rings. The second-order valence-corrected chi connectivity index (χ2v) is 8.77. The molecule has 0 unspecified atom stereocenters. The molecule has 2 rings (SSSR count). The molecule has 1 N–H and O–H groups in total. The minimum atomic E-state index is -3.82. The zero-order valence-electron chi connectivity index (χ0n) is 16.3. The molecule has 0 bridgehead atoms. The molecule has 1 atom stereocenters. The summed E-state index contributed by atoms with van der Waals surface area (Å²) in [5.41, 5.74) is 1.19. The van der Waals surface area contributed by atoms with Gasteiger partial charge in [0.1, 0.15) is 6.04 Å². The summed E-state index contributed by atoms with van der Waals surface area (Å²) in [4.78, 5) is 23.2. The van der Waals surface area contributed by atoms with Crippen molar-refractivity contribution in [3.8, 4) is 0 Å². The summed E-state index contributed by atoms with van der Waals surface area (Å²) in [5.74, 6) is -0.407. The van der Waals surface area contributed by atoms with Crippen molar-refractivity contribution in [2.75, 3.05) is 17.1 Å². The van der Waals surface area contributed by atoms with E-state index in [4.69, 9.17) is 0 Å². The van der Waals surface area contributed by atoms with E-state index < -0.39 is 26.9 Å². The Kier molecular flexibility index (Phi) is 7.56. The van der Waals surface area contributed by atoms with Crippen LogP contribution in [-0.4, -0.2) is 38.1 Å². The number of benzene rings is 1. The summed E-state index contributed by atoms with van der Waals surface area (Å²) in [5, 5.41) is 13.9. The van der Waals surface area contributed by atoms with Gasteiger partial charge in [-0.15, -0.1) is 0 Å². The number of nitro groups is 1. The SMILES string of the molecule is CC[C@@H](C(=O)NCCC1=CCCCC1)N(c1cccc([N+](=O)[O-])c1)S(C)(=O)=O. The molecule has 0 aromatic heterocycles. The average molecular weight is 410 g/mol. The van der Waals surface area contributed by atoms with Crippen LogP contribution >= 0.6 is 0 Å². The van der Waals surface area contributed by atoms with Crippen LogP contribution in [0.4, 0.5) is 11.4 Å². The van der Waals surface area contributed by atoms with Crippen molar-refractivity contribution >= 4 is 27.3 Å². The Balaban J connectivity index is 2.18. The van der Waals surface area contributed by atoms with Crippen molar-refractivity contribution in [2.45, 2.75) is 51.5 Å². The van der Waals surface area contributed by atoms with E-state index in [1.165, 1.54) is 36.3 Å². The van der Waals surface area contributed by atoms with Crippen LogP contribution in [0.3, 0.4) is 0 Å². The van der Waals surface area contributed by atoms with Crippen molar-refractivity contribution in [2.24, 2.45) is 0 Å². The van der Waals surface area contributed by atoms with Crippen LogP contribution in [0, 0.1) is 10.1 Å². The number of amides is 1. The zero-order valence-corrected chi connectivity index (χ0v) is 17.1. The number of hydrogen-bond donors (Lipinski definition) is 1. The highest BCUT2D eigenvalue weighted by atomic mass is 32.2. The Morgan fingerprint density at radius 3 is 2.68 bits per heavy atom. The molecule has 0 saturated carbocycles. The van der Waals surface area contributed by atoms with E-state index in [0.717, 1.165) is 36.2 Å². The summed E-state index contributed by atoms with van der Waals surface area (Å²) in [6, 6.07) is 4.34. The van der Waals surface area contributed by atoms with Crippen molar-refractivity contribution in [1.82, 2.24) is 5.32 Å². The van der Waals surface area contributed by atoms with Crippen molar-refractivity contribution < 1.29 is 18.1 Å². The highest BCUT2D eigenvalue weighted by Crippen LogP contribution is 2.26. The maximum Gasteiger partial charge on any atom is 0.271 e. The van der Waals surface area contributed by atoms with Gasteiger partial charge in [-0.05, 0) is 44.6 Å². The molecule has 28 heavy (non-hydrogen) atoms. The van der Waals surface area contributed by atoms with Gasteiger partial charge in [-0.3, -0.25) is 19.2 Å². The standard InChI is InChI=1S/C19H27N3O5S/c1-3-18(19(23)20-13-12-15-8-5-4-6-9-15)21(28(2,26)27)16-10-7-11-17(14-16)22(24)25/h7-8,10-11,14,18H,3-6,9,12-13H2,1-2H3,(H,20,23)/t18-/m0/s1. The van der Waals surface area contributed by atoms with Crippen LogP contribution in [0.1, 0.15) is 45.4 Å². The maximum atomic E-state index is 12.7. The minimum Gasteiger partial charge on any atom is -0.354 e. The third-order valence-corrected chi connectivity index (χ3v) is 5.94. The number of nitro benzene ring substituents is 1. The number of hydrogen-bond acceptors (Lipinski definition) is 5. The van der Waals surface area contributed by atoms with Crippen molar-refractivity contribution in [3.63, 3.8) is 0 Å². The van der Waals surface area contributed by atoms with Gasteiger partial charge in [0.05, 0.1) is 16.9 Å². The molecule has 0 aliphatic heterocycles. The van der Waals surface area contributed by atoms with E-state index in [-0.39, 0.29) is 17.8 Å². The summed E-state index contributed by atoms with van der Waals surface area (Å²) in [7, 11) is -3.82. The van der Waals surface area contributed by atoms with Gasteiger partial charge in [-0.25, -0.2) is 8.42 Å². The third-order valence-electron chi connectivity index (χ3n) is 4.76. The first-order valence-electron chi connectivity index (χ1n) is 9.43. The lowest BCUT2D eigenvalue weighted by atomic mass is 9.97. The predicted octanol–water partition coefficient (Wildman–Crippen LogP) is 3.15. The quantitative estimate of drug-likeness (QED) is 0.383. The largest absolute Gasteiger partial charge is 0.354 e. The fraction of sp³-hybridized carbons (Fsp3) is 0.526. The second-order valence-electron chi connectivity index (χ2n) is 6.91. The highest BCUT2D eigenvalue weighted by Gasteiger charge is 2.32. The summed E-state index contributed by atoms with van der Waals surface area (Å²) < 4.78 is 25.8. The molecule has 1 aromatic rings. The summed E-state index contributed by atoms with van der Waals surface area (Å²) >= 11 is 0. The molecule has 1 aromatic carbocycles. The van der Waals surface area contributed by atoms with Gasteiger partial charge in [-0.2, -0.15) is 0 Å². The van der Waals surface area contributed by atoms with Gasteiger partial charge in [0.15, 0.2) is 0 Å².